The number of carbonyl (C=O) groups excluding carboxylic acids is 1. The van der Waals surface area contributed by atoms with Crippen LogP contribution in [0, 0.1) is 46.3 Å². The van der Waals surface area contributed by atoms with Crippen molar-refractivity contribution in [3.63, 3.8) is 0 Å². The third-order valence-corrected chi connectivity index (χ3v) is 11.4. The zero-order valence-corrected chi connectivity index (χ0v) is 24.5. The maximum Gasteiger partial charge on any atom is 0.159 e. The molecule has 8 atom stereocenters. The number of Topliss-reactive ketones (excluding diaryl/α,β-unsaturated/α-hetero) is 1. The minimum Gasteiger partial charge on any atom is -0.494 e. The lowest BCUT2D eigenvalue weighted by molar-refractivity contribution is -0.154. The molecule has 4 aliphatic rings. The van der Waals surface area contributed by atoms with Crippen molar-refractivity contribution in [3.8, 4) is 5.75 Å². The number of ether oxygens (including phenoxy) is 2. The van der Waals surface area contributed by atoms with Crippen molar-refractivity contribution in [2.24, 2.45) is 46.3 Å². The van der Waals surface area contributed by atoms with Gasteiger partial charge in [0.05, 0.1) is 13.7 Å². The second-order valence-electron chi connectivity index (χ2n) is 12.9. The highest BCUT2D eigenvalue weighted by atomic mass is 16.5. The van der Waals surface area contributed by atoms with Crippen LogP contribution in [-0.4, -0.2) is 41.6 Å². The Balaban J connectivity index is 0.00000144. The minimum absolute atomic E-state index is 0.103. The Morgan fingerprint density at radius 1 is 1.03 bits per heavy atom. The fourth-order valence-electron chi connectivity index (χ4n) is 9.78. The highest BCUT2D eigenvalue weighted by molar-refractivity contribution is 5.83. The zero-order chi connectivity index (χ0) is 27.1. The maximum atomic E-state index is 13.7. The lowest BCUT2D eigenvalue weighted by Crippen LogP contribution is -2.56. The number of aromatic nitrogens is 3. The monoisotopic (exact) mass is 523 g/mol. The molecular weight excluding hydrogens is 474 g/mol. The van der Waals surface area contributed by atoms with Crippen LogP contribution in [0.4, 0.5) is 0 Å². The van der Waals surface area contributed by atoms with Gasteiger partial charge in [-0.25, -0.2) is 0 Å². The highest BCUT2D eigenvalue weighted by Gasteiger charge is 2.62. The number of methoxy groups -OCH3 is 2. The first kappa shape index (κ1) is 27.6. The normalized spacial score (nSPS) is 37.9. The van der Waals surface area contributed by atoms with Gasteiger partial charge in [-0.1, -0.05) is 40.2 Å². The summed E-state index contributed by atoms with van der Waals surface area (Å²) in [5, 5.41) is 9.21. The van der Waals surface area contributed by atoms with Gasteiger partial charge in [-0.3, -0.25) is 4.79 Å². The van der Waals surface area contributed by atoms with Crippen LogP contribution in [0.1, 0.15) is 85.5 Å². The van der Waals surface area contributed by atoms with Crippen LogP contribution in [0.15, 0.2) is 18.2 Å². The summed E-state index contributed by atoms with van der Waals surface area (Å²) in [5.41, 5.74) is 1.98. The van der Waals surface area contributed by atoms with Crippen molar-refractivity contribution >= 4 is 16.8 Å². The van der Waals surface area contributed by atoms with Gasteiger partial charge in [0.1, 0.15) is 17.8 Å². The number of rotatable bonds is 6. The van der Waals surface area contributed by atoms with E-state index in [0.29, 0.717) is 22.9 Å². The molecule has 6 nitrogen and oxygen atoms in total. The van der Waals surface area contributed by atoms with Crippen molar-refractivity contribution in [2.75, 3.05) is 20.8 Å². The summed E-state index contributed by atoms with van der Waals surface area (Å²) in [5.74, 6) is 4.97. The van der Waals surface area contributed by atoms with E-state index in [4.69, 9.17) is 9.47 Å². The molecule has 1 aromatic heterocycles. The lowest BCUT2D eigenvalue weighted by Gasteiger charge is -2.61. The van der Waals surface area contributed by atoms with E-state index in [1.807, 2.05) is 39.2 Å². The molecule has 4 aliphatic carbocycles. The molecule has 210 valence electrons. The number of nitrogens with zero attached hydrogens (tertiary/aromatic N) is 3. The van der Waals surface area contributed by atoms with Gasteiger partial charge in [0.25, 0.3) is 0 Å². The summed E-state index contributed by atoms with van der Waals surface area (Å²) in [6.07, 6.45) is 11.4. The second-order valence-corrected chi connectivity index (χ2v) is 12.9. The van der Waals surface area contributed by atoms with Gasteiger partial charge in [0, 0.05) is 13.0 Å². The molecule has 0 N–H and O–H groups in total. The number of benzene rings is 1. The Morgan fingerprint density at radius 3 is 2.61 bits per heavy atom. The lowest BCUT2D eigenvalue weighted by atomic mass is 9.44. The van der Waals surface area contributed by atoms with E-state index >= 15 is 0 Å². The van der Waals surface area contributed by atoms with Crippen molar-refractivity contribution in [2.45, 2.75) is 92.0 Å². The largest absolute Gasteiger partial charge is 0.494 e. The Kier molecular flexibility index (Phi) is 7.92. The van der Waals surface area contributed by atoms with Gasteiger partial charge in [-0.2, -0.15) is 9.90 Å². The predicted octanol–water partition coefficient (Wildman–Crippen LogP) is 6.96. The van der Waals surface area contributed by atoms with E-state index in [2.05, 4.69) is 24.0 Å². The first-order valence-electron chi connectivity index (χ1n) is 15.3. The van der Waals surface area contributed by atoms with Crippen LogP contribution in [0.2, 0.25) is 0 Å². The summed E-state index contributed by atoms with van der Waals surface area (Å²) < 4.78 is 11.4. The highest BCUT2D eigenvalue weighted by Crippen LogP contribution is 2.68. The number of carbonyl (C=O) groups is 1. The zero-order valence-electron chi connectivity index (χ0n) is 24.5. The van der Waals surface area contributed by atoms with Crippen molar-refractivity contribution in [3.05, 3.63) is 18.2 Å². The molecule has 1 aromatic carbocycles. The van der Waals surface area contributed by atoms with Gasteiger partial charge >= 0.3 is 0 Å². The molecule has 0 bridgehead atoms. The summed E-state index contributed by atoms with van der Waals surface area (Å²) in [4.78, 5) is 15.3. The van der Waals surface area contributed by atoms with Crippen LogP contribution in [-0.2, 0) is 16.1 Å². The Bertz CT molecular complexity index is 1130. The summed E-state index contributed by atoms with van der Waals surface area (Å²) in [6.45, 7) is 10.1. The third kappa shape index (κ3) is 4.39. The molecule has 6 heteroatoms. The molecular formula is C32H49N3O3. The van der Waals surface area contributed by atoms with Gasteiger partial charge in [0.2, 0.25) is 0 Å². The number of hydrogen-bond donors (Lipinski definition) is 0. The molecule has 4 fully saturated rings. The number of fused-ring (bicyclic) bond motifs is 6. The van der Waals surface area contributed by atoms with E-state index < -0.39 is 0 Å². The average Bonchev–Trinajstić information content (AvgIpc) is 3.50. The van der Waals surface area contributed by atoms with Crippen molar-refractivity contribution in [1.82, 2.24) is 15.0 Å². The molecule has 0 saturated heterocycles. The molecule has 38 heavy (non-hydrogen) atoms. The smallest absolute Gasteiger partial charge is 0.159 e. The van der Waals surface area contributed by atoms with E-state index in [1.165, 1.54) is 51.4 Å². The van der Waals surface area contributed by atoms with E-state index in [9.17, 15) is 4.79 Å². The fraction of sp³-hybridized carbons (Fsp3) is 0.781. The predicted molar refractivity (Wildman–Crippen MR) is 151 cm³/mol. The third-order valence-electron chi connectivity index (χ3n) is 11.4. The van der Waals surface area contributed by atoms with Crippen LogP contribution in [0.25, 0.3) is 11.0 Å². The fourth-order valence-corrected chi connectivity index (χ4v) is 9.78. The molecule has 4 saturated carbocycles. The van der Waals surface area contributed by atoms with Gasteiger partial charge in [0.15, 0.2) is 11.3 Å². The Labute approximate surface area is 229 Å². The maximum absolute atomic E-state index is 13.7. The van der Waals surface area contributed by atoms with E-state index in [-0.39, 0.29) is 17.9 Å². The quantitative estimate of drug-likeness (QED) is 0.410. The van der Waals surface area contributed by atoms with Crippen LogP contribution >= 0.6 is 0 Å². The molecule has 0 radical (unpaired) electrons. The van der Waals surface area contributed by atoms with Crippen molar-refractivity contribution in [1.29, 1.82) is 0 Å². The Hall–Kier alpha value is -1.95. The van der Waals surface area contributed by atoms with E-state index in [0.717, 1.165) is 47.7 Å². The van der Waals surface area contributed by atoms with Crippen LogP contribution < -0.4 is 4.74 Å². The van der Waals surface area contributed by atoms with Crippen LogP contribution in [0.3, 0.4) is 0 Å². The summed E-state index contributed by atoms with van der Waals surface area (Å²) in [7, 11) is 3.56. The standard InChI is InChI=1S/C30H43N3O3.C2H6/c1-19-12-15-30(18-35-3)20(16-19)8-9-21-22-10-11-24(29(22,2)14-13-23(21)30)26(34)17-33-31-25-6-5-7-27(36-4)28(25)32-33;1-2/h5-7,19-24H,8-18H2,1-4H3;1-2H3. The van der Waals surface area contributed by atoms with Gasteiger partial charge < -0.3 is 9.47 Å². The first-order valence-corrected chi connectivity index (χ1v) is 15.3. The minimum atomic E-state index is 0.103. The average molecular weight is 524 g/mol. The molecule has 6 rings (SSSR count). The topological polar surface area (TPSA) is 66.2 Å². The molecule has 8 unspecified atom stereocenters. The molecule has 0 spiro atoms. The van der Waals surface area contributed by atoms with E-state index in [1.54, 1.807) is 11.9 Å². The summed E-state index contributed by atoms with van der Waals surface area (Å²) >= 11 is 0. The van der Waals surface area contributed by atoms with Crippen LogP contribution in [0.5, 0.6) is 5.75 Å². The molecule has 0 amide bonds. The molecule has 2 aromatic rings. The molecule has 0 aliphatic heterocycles. The first-order chi connectivity index (χ1) is 18.4. The van der Waals surface area contributed by atoms with Crippen molar-refractivity contribution < 1.29 is 14.3 Å². The Morgan fingerprint density at radius 2 is 1.84 bits per heavy atom. The van der Waals surface area contributed by atoms with Gasteiger partial charge in [-0.05, 0) is 104 Å². The molecule has 1 heterocycles. The van der Waals surface area contributed by atoms with Gasteiger partial charge in [-0.15, -0.1) is 5.10 Å². The summed E-state index contributed by atoms with van der Waals surface area (Å²) in [6, 6.07) is 5.74. The number of hydrogen-bond acceptors (Lipinski definition) is 5. The SMILES string of the molecule is CC.COCC12CCC(C)CC1CCC1C3CCC(C(=O)Cn4nc5cccc(OC)c5n4)C3(C)CCC12. The number of ketones is 1. The second kappa shape index (κ2) is 10.9.